The van der Waals surface area contributed by atoms with Gasteiger partial charge < -0.3 is 14.8 Å². The number of piperidine rings is 1. The van der Waals surface area contributed by atoms with Gasteiger partial charge in [0.25, 0.3) is 0 Å². The molecule has 2 rings (SSSR count). The van der Waals surface area contributed by atoms with Crippen molar-refractivity contribution in [2.24, 2.45) is 0 Å². The van der Waals surface area contributed by atoms with E-state index in [2.05, 4.69) is 10.2 Å². The summed E-state index contributed by atoms with van der Waals surface area (Å²) >= 11 is 0. The quantitative estimate of drug-likeness (QED) is 0.798. The Morgan fingerprint density at radius 2 is 2.53 bits per heavy atom. The molecule has 1 aliphatic heterocycles. The fourth-order valence-electron chi connectivity index (χ4n) is 2.22. The molecule has 1 unspecified atom stereocenters. The highest BCUT2D eigenvalue weighted by Gasteiger charge is 2.20. The lowest BCUT2D eigenvalue weighted by molar-refractivity contribution is -0.136. The highest BCUT2D eigenvalue weighted by atomic mass is 16.4. The second-order valence-electron chi connectivity index (χ2n) is 4.43. The van der Waals surface area contributed by atoms with Gasteiger partial charge in [0.05, 0.1) is 19.4 Å². The maximum absolute atomic E-state index is 10.5. The molecule has 1 aliphatic rings. The summed E-state index contributed by atoms with van der Waals surface area (Å²) in [4.78, 5) is 12.8. The Balaban J connectivity index is 1.78. The number of carbonyl (C=O) groups is 1. The van der Waals surface area contributed by atoms with Gasteiger partial charge in [0, 0.05) is 12.6 Å². The van der Waals surface area contributed by atoms with Crippen molar-refractivity contribution >= 4 is 5.97 Å². The molecular weight excluding hydrogens is 220 g/mol. The fourth-order valence-corrected chi connectivity index (χ4v) is 2.22. The zero-order valence-corrected chi connectivity index (χ0v) is 9.76. The Hall–Kier alpha value is -1.33. The number of aliphatic carboxylic acids is 1. The zero-order chi connectivity index (χ0) is 12.1. The van der Waals surface area contributed by atoms with E-state index >= 15 is 0 Å². The maximum Gasteiger partial charge on any atom is 0.317 e. The van der Waals surface area contributed by atoms with Crippen molar-refractivity contribution in [1.82, 2.24) is 10.2 Å². The Labute approximate surface area is 100 Å². The summed E-state index contributed by atoms with van der Waals surface area (Å²) < 4.78 is 5.31. The maximum atomic E-state index is 10.5. The first kappa shape index (κ1) is 12.1. The Morgan fingerprint density at radius 1 is 1.65 bits per heavy atom. The predicted molar refractivity (Wildman–Crippen MR) is 62.6 cm³/mol. The molecule has 0 radical (unpaired) electrons. The summed E-state index contributed by atoms with van der Waals surface area (Å²) in [5.74, 6) is 0.164. The molecule has 2 N–H and O–H groups in total. The van der Waals surface area contributed by atoms with Gasteiger partial charge in [0.1, 0.15) is 5.76 Å². The van der Waals surface area contributed by atoms with Crippen molar-refractivity contribution in [3.8, 4) is 0 Å². The van der Waals surface area contributed by atoms with Gasteiger partial charge in [-0.15, -0.1) is 0 Å². The van der Waals surface area contributed by atoms with Crippen LogP contribution in [0.15, 0.2) is 22.8 Å². The highest BCUT2D eigenvalue weighted by molar-refractivity contribution is 5.69. The molecule has 5 heteroatoms. The van der Waals surface area contributed by atoms with Gasteiger partial charge in [0.2, 0.25) is 0 Å². The highest BCUT2D eigenvalue weighted by Crippen LogP contribution is 2.13. The Kier molecular flexibility index (Phi) is 4.17. The zero-order valence-electron chi connectivity index (χ0n) is 9.76. The van der Waals surface area contributed by atoms with E-state index in [9.17, 15) is 4.79 Å². The van der Waals surface area contributed by atoms with Gasteiger partial charge in [-0.3, -0.25) is 9.69 Å². The first-order valence-electron chi connectivity index (χ1n) is 5.94. The molecule has 0 aliphatic carbocycles. The van der Waals surface area contributed by atoms with Crippen molar-refractivity contribution in [2.75, 3.05) is 19.6 Å². The summed E-state index contributed by atoms with van der Waals surface area (Å²) in [6.07, 6.45) is 3.82. The van der Waals surface area contributed by atoms with Crippen molar-refractivity contribution in [3.63, 3.8) is 0 Å². The third-order valence-corrected chi connectivity index (χ3v) is 3.01. The summed E-state index contributed by atoms with van der Waals surface area (Å²) in [6.45, 7) is 2.78. The van der Waals surface area contributed by atoms with Gasteiger partial charge >= 0.3 is 5.97 Å². The molecule has 0 bridgehead atoms. The van der Waals surface area contributed by atoms with Crippen LogP contribution in [0.4, 0.5) is 0 Å². The number of furan rings is 1. The molecular formula is C12H18N2O3. The van der Waals surface area contributed by atoms with Crippen LogP contribution in [0.5, 0.6) is 0 Å². The molecule has 1 atom stereocenters. The minimum atomic E-state index is -0.798. The summed E-state index contributed by atoms with van der Waals surface area (Å²) in [5, 5.41) is 11.7. The van der Waals surface area contributed by atoms with Crippen LogP contribution in [0.25, 0.3) is 0 Å². The second kappa shape index (κ2) is 5.84. The number of likely N-dealkylation sites (tertiary alicyclic amines) is 1. The van der Waals surface area contributed by atoms with Crippen LogP contribution in [-0.2, 0) is 11.3 Å². The van der Waals surface area contributed by atoms with Crippen molar-refractivity contribution in [1.29, 1.82) is 0 Å². The Morgan fingerprint density at radius 3 is 3.24 bits per heavy atom. The van der Waals surface area contributed by atoms with E-state index in [1.165, 1.54) is 0 Å². The lowest BCUT2D eigenvalue weighted by Crippen LogP contribution is -2.46. The van der Waals surface area contributed by atoms with Gasteiger partial charge in [-0.1, -0.05) is 0 Å². The van der Waals surface area contributed by atoms with E-state index in [0.29, 0.717) is 0 Å². The van der Waals surface area contributed by atoms with Crippen LogP contribution in [0.3, 0.4) is 0 Å². The van der Waals surface area contributed by atoms with Gasteiger partial charge in [0.15, 0.2) is 0 Å². The Bertz CT molecular complexity index is 351. The van der Waals surface area contributed by atoms with Crippen molar-refractivity contribution in [3.05, 3.63) is 24.2 Å². The van der Waals surface area contributed by atoms with E-state index in [-0.39, 0.29) is 12.6 Å². The minimum Gasteiger partial charge on any atom is -0.480 e. The number of nitrogens with one attached hydrogen (secondary N) is 1. The number of carboxylic acids is 1. The summed E-state index contributed by atoms with van der Waals surface area (Å²) in [6, 6.07) is 4.13. The van der Waals surface area contributed by atoms with Crippen LogP contribution < -0.4 is 5.32 Å². The van der Waals surface area contributed by atoms with Crippen LogP contribution in [0.2, 0.25) is 0 Å². The molecule has 94 valence electrons. The largest absolute Gasteiger partial charge is 0.480 e. The monoisotopic (exact) mass is 238 g/mol. The third-order valence-electron chi connectivity index (χ3n) is 3.01. The third kappa shape index (κ3) is 3.87. The fraction of sp³-hybridized carbons (Fsp3) is 0.583. The van der Waals surface area contributed by atoms with Gasteiger partial charge in [-0.05, 0) is 31.5 Å². The molecule has 2 heterocycles. The lowest BCUT2D eigenvalue weighted by atomic mass is 10.1. The first-order chi connectivity index (χ1) is 8.24. The number of rotatable bonds is 5. The molecule has 1 saturated heterocycles. The van der Waals surface area contributed by atoms with E-state index in [0.717, 1.165) is 38.2 Å². The average molecular weight is 238 g/mol. The number of hydrogen-bond donors (Lipinski definition) is 2. The molecule has 0 amide bonds. The summed E-state index contributed by atoms with van der Waals surface area (Å²) in [7, 11) is 0. The number of nitrogens with zero attached hydrogens (tertiary/aromatic N) is 1. The summed E-state index contributed by atoms with van der Waals surface area (Å²) in [5.41, 5.74) is 0. The predicted octanol–water partition coefficient (Wildman–Crippen LogP) is 0.918. The SMILES string of the molecule is O=C(O)CNC1CCCN(Cc2ccco2)C1. The standard InChI is InChI=1S/C12H18N2O3/c15-12(16)7-13-10-3-1-5-14(8-10)9-11-4-2-6-17-11/h2,4,6,10,13H,1,3,5,7-9H2,(H,15,16). The molecule has 0 saturated carbocycles. The topological polar surface area (TPSA) is 65.7 Å². The lowest BCUT2D eigenvalue weighted by Gasteiger charge is -2.32. The van der Waals surface area contributed by atoms with E-state index in [1.54, 1.807) is 6.26 Å². The first-order valence-corrected chi connectivity index (χ1v) is 5.94. The van der Waals surface area contributed by atoms with Crippen molar-refractivity contribution < 1.29 is 14.3 Å². The molecule has 5 nitrogen and oxygen atoms in total. The number of carboxylic acid groups (broad SMARTS) is 1. The normalized spacial score (nSPS) is 21.5. The smallest absolute Gasteiger partial charge is 0.317 e. The van der Waals surface area contributed by atoms with Gasteiger partial charge in [-0.25, -0.2) is 0 Å². The number of hydrogen-bond acceptors (Lipinski definition) is 4. The molecule has 1 aromatic heterocycles. The minimum absolute atomic E-state index is 0.0409. The van der Waals surface area contributed by atoms with Crippen LogP contribution in [0, 0.1) is 0 Å². The van der Waals surface area contributed by atoms with E-state index in [4.69, 9.17) is 9.52 Å². The van der Waals surface area contributed by atoms with E-state index in [1.807, 2.05) is 12.1 Å². The molecule has 0 spiro atoms. The average Bonchev–Trinajstić information content (AvgIpc) is 2.80. The molecule has 1 aromatic rings. The molecule has 17 heavy (non-hydrogen) atoms. The van der Waals surface area contributed by atoms with E-state index < -0.39 is 5.97 Å². The van der Waals surface area contributed by atoms with Crippen molar-refractivity contribution in [2.45, 2.75) is 25.4 Å². The van der Waals surface area contributed by atoms with Crippen LogP contribution in [0.1, 0.15) is 18.6 Å². The van der Waals surface area contributed by atoms with Crippen LogP contribution in [-0.4, -0.2) is 41.7 Å². The van der Waals surface area contributed by atoms with Crippen LogP contribution >= 0.6 is 0 Å². The molecule has 1 fully saturated rings. The second-order valence-corrected chi connectivity index (χ2v) is 4.43. The van der Waals surface area contributed by atoms with Gasteiger partial charge in [-0.2, -0.15) is 0 Å². The molecule has 0 aromatic carbocycles.